The number of amides is 1. The Morgan fingerprint density at radius 3 is 2.52 bits per heavy atom. The summed E-state index contributed by atoms with van der Waals surface area (Å²) < 4.78 is 5.72. The van der Waals surface area contributed by atoms with Crippen LogP contribution in [0.5, 0.6) is 5.75 Å². The van der Waals surface area contributed by atoms with E-state index in [9.17, 15) is 14.7 Å². The van der Waals surface area contributed by atoms with Crippen LogP contribution in [-0.2, 0) is 16.1 Å². The van der Waals surface area contributed by atoms with E-state index in [1.165, 1.54) is 16.2 Å². The van der Waals surface area contributed by atoms with Gasteiger partial charge in [0.25, 0.3) is 11.7 Å². The second-order valence-corrected chi connectivity index (χ2v) is 8.64. The molecule has 1 aliphatic rings. The van der Waals surface area contributed by atoms with Crippen LogP contribution in [0.3, 0.4) is 0 Å². The van der Waals surface area contributed by atoms with E-state index in [-0.39, 0.29) is 17.4 Å². The Hall–Kier alpha value is -3.38. The maximum Gasteiger partial charge on any atom is 0.295 e. The van der Waals surface area contributed by atoms with E-state index in [1.54, 1.807) is 24.3 Å². The third-order valence-corrected chi connectivity index (χ3v) is 5.90. The van der Waals surface area contributed by atoms with Gasteiger partial charge >= 0.3 is 0 Å². The lowest BCUT2D eigenvalue weighted by Gasteiger charge is -2.25. The van der Waals surface area contributed by atoms with Crippen LogP contribution >= 0.6 is 11.3 Å². The fourth-order valence-corrected chi connectivity index (χ4v) is 4.44. The van der Waals surface area contributed by atoms with E-state index < -0.39 is 17.7 Å². The summed E-state index contributed by atoms with van der Waals surface area (Å²) in [5, 5.41) is 13.1. The van der Waals surface area contributed by atoms with Crippen molar-refractivity contribution in [3.05, 3.63) is 93.7 Å². The number of hydrogen-bond acceptors (Lipinski definition) is 5. The molecule has 1 atom stereocenters. The number of ketones is 1. The number of carbonyl (C=O) groups excluding carboxylic acids is 2. The van der Waals surface area contributed by atoms with E-state index in [0.717, 1.165) is 10.4 Å². The summed E-state index contributed by atoms with van der Waals surface area (Å²) in [5.74, 6) is -0.908. The van der Waals surface area contributed by atoms with Crippen LogP contribution in [0.1, 0.15) is 35.9 Å². The Morgan fingerprint density at radius 2 is 1.84 bits per heavy atom. The molecule has 0 bridgehead atoms. The number of aliphatic hydroxyl groups is 1. The molecular weight excluding hydrogens is 410 g/mol. The monoisotopic (exact) mass is 433 g/mol. The van der Waals surface area contributed by atoms with Gasteiger partial charge in [0.15, 0.2) is 0 Å². The lowest BCUT2D eigenvalue weighted by Crippen LogP contribution is -2.28. The maximum atomic E-state index is 13.1. The smallest absolute Gasteiger partial charge is 0.295 e. The minimum atomic E-state index is -0.682. The topological polar surface area (TPSA) is 66.8 Å². The minimum absolute atomic E-state index is 0.0295. The maximum absolute atomic E-state index is 13.1. The number of aliphatic hydroxyl groups excluding tert-OH is 1. The number of thiophene rings is 1. The van der Waals surface area contributed by atoms with Gasteiger partial charge in [0.05, 0.1) is 24.3 Å². The van der Waals surface area contributed by atoms with Crippen LogP contribution in [0.2, 0.25) is 0 Å². The first-order valence-electron chi connectivity index (χ1n) is 10.1. The van der Waals surface area contributed by atoms with Crippen LogP contribution in [-0.4, -0.2) is 27.8 Å². The molecule has 4 rings (SSSR count). The number of nitrogens with zero attached hydrogens (tertiary/aromatic N) is 1. The lowest BCUT2D eigenvalue weighted by molar-refractivity contribution is -0.140. The van der Waals surface area contributed by atoms with E-state index in [4.69, 9.17) is 4.74 Å². The standard InChI is InChI=1S/C25H23NO4S/c1-16(2)30-19-11-6-10-18(14-19)23(27)21-22(17-8-4-3-5-9-17)26(25(29)24(21)28)15-20-12-7-13-31-20/h3-14,16,22,27H,15H2,1-2H3/b23-21-. The van der Waals surface area contributed by atoms with Crippen LogP contribution in [0.15, 0.2) is 77.7 Å². The predicted octanol–water partition coefficient (Wildman–Crippen LogP) is 5.16. The van der Waals surface area contributed by atoms with E-state index >= 15 is 0 Å². The number of hydrogen-bond donors (Lipinski definition) is 1. The minimum Gasteiger partial charge on any atom is -0.507 e. The number of rotatable bonds is 6. The molecule has 0 aliphatic carbocycles. The highest BCUT2D eigenvalue weighted by Crippen LogP contribution is 2.40. The van der Waals surface area contributed by atoms with Crippen LogP contribution in [0.25, 0.3) is 5.76 Å². The summed E-state index contributed by atoms with van der Waals surface area (Å²) in [6.07, 6.45) is -0.0295. The second-order valence-electron chi connectivity index (χ2n) is 7.61. The van der Waals surface area contributed by atoms with Crippen molar-refractivity contribution in [2.24, 2.45) is 0 Å². The Bertz CT molecular complexity index is 1120. The molecule has 158 valence electrons. The summed E-state index contributed by atoms with van der Waals surface area (Å²) in [6.45, 7) is 4.13. The fourth-order valence-electron chi connectivity index (χ4n) is 3.74. The van der Waals surface area contributed by atoms with Crippen molar-refractivity contribution in [3.63, 3.8) is 0 Å². The van der Waals surface area contributed by atoms with Gasteiger partial charge in [-0.25, -0.2) is 0 Å². The molecule has 6 heteroatoms. The lowest BCUT2D eigenvalue weighted by atomic mass is 9.95. The van der Waals surface area contributed by atoms with Crippen molar-refractivity contribution in [1.29, 1.82) is 0 Å². The zero-order chi connectivity index (χ0) is 22.0. The molecule has 1 N–H and O–H groups in total. The molecule has 1 aliphatic heterocycles. The molecule has 1 fully saturated rings. The van der Waals surface area contributed by atoms with Crippen molar-refractivity contribution in [2.75, 3.05) is 0 Å². The molecule has 0 saturated carbocycles. The predicted molar refractivity (Wildman–Crippen MR) is 121 cm³/mol. The molecule has 1 unspecified atom stereocenters. The molecule has 0 radical (unpaired) electrons. The van der Waals surface area contributed by atoms with Gasteiger partial charge in [0, 0.05) is 10.4 Å². The Kier molecular flexibility index (Phi) is 5.91. The molecule has 1 saturated heterocycles. The average molecular weight is 434 g/mol. The summed E-state index contributed by atoms with van der Waals surface area (Å²) in [5.41, 5.74) is 1.30. The number of Topliss-reactive ketones (excluding diaryl/α,β-unsaturated/α-hetero) is 1. The first kappa shape index (κ1) is 20.9. The largest absolute Gasteiger partial charge is 0.507 e. The first-order chi connectivity index (χ1) is 15.0. The Morgan fingerprint density at radius 1 is 1.06 bits per heavy atom. The molecule has 5 nitrogen and oxygen atoms in total. The Balaban J connectivity index is 1.82. The van der Waals surface area contributed by atoms with Gasteiger partial charge in [0.2, 0.25) is 0 Å². The molecule has 31 heavy (non-hydrogen) atoms. The van der Waals surface area contributed by atoms with Gasteiger partial charge in [-0.05, 0) is 43.0 Å². The number of ether oxygens (including phenoxy) is 1. The number of likely N-dealkylation sites (tertiary alicyclic amines) is 1. The van der Waals surface area contributed by atoms with Crippen LogP contribution in [0.4, 0.5) is 0 Å². The molecule has 1 aromatic heterocycles. The molecule has 2 aromatic carbocycles. The number of carbonyl (C=O) groups is 2. The summed E-state index contributed by atoms with van der Waals surface area (Å²) in [6, 6.07) is 19.4. The summed E-state index contributed by atoms with van der Waals surface area (Å²) in [4.78, 5) is 28.6. The molecule has 1 amide bonds. The van der Waals surface area contributed by atoms with Crippen molar-refractivity contribution in [3.8, 4) is 5.75 Å². The van der Waals surface area contributed by atoms with Crippen LogP contribution < -0.4 is 4.74 Å². The van der Waals surface area contributed by atoms with E-state index in [1.807, 2.05) is 61.7 Å². The second kappa shape index (κ2) is 8.78. The average Bonchev–Trinajstić information content (AvgIpc) is 3.36. The van der Waals surface area contributed by atoms with E-state index in [0.29, 0.717) is 17.9 Å². The van der Waals surface area contributed by atoms with Gasteiger partial charge in [-0.15, -0.1) is 11.3 Å². The highest BCUT2D eigenvalue weighted by atomic mass is 32.1. The third kappa shape index (κ3) is 4.25. The zero-order valence-electron chi connectivity index (χ0n) is 17.3. The number of benzene rings is 2. The highest BCUT2D eigenvalue weighted by molar-refractivity contribution is 7.09. The highest BCUT2D eigenvalue weighted by Gasteiger charge is 2.46. The molecule has 0 spiro atoms. The SMILES string of the molecule is CC(C)Oc1cccc(/C(O)=C2/C(=O)C(=O)N(Cc3cccs3)C2c2ccccc2)c1. The third-order valence-electron chi connectivity index (χ3n) is 5.04. The van der Waals surface area contributed by atoms with Crippen molar-refractivity contribution < 1.29 is 19.4 Å². The van der Waals surface area contributed by atoms with Gasteiger partial charge in [0.1, 0.15) is 11.5 Å². The molecule has 2 heterocycles. The van der Waals surface area contributed by atoms with Crippen molar-refractivity contribution in [2.45, 2.75) is 32.5 Å². The van der Waals surface area contributed by atoms with Gasteiger partial charge < -0.3 is 14.7 Å². The van der Waals surface area contributed by atoms with Gasteiger partial charge in [-0.1, -0.05) is 48.5 Å². The molecular formula is C25H23NO4S. The molecule has 3 aromatic rings. The quantitative estimate of drug-likeness (QED) is 0.331. The zero-order valence-corrected chi connectivity index (χ0v) is 18.1. The van der Waals surface area contributed by atoms with Gasteiger partial charge in [-0.3, -0.25) is 9.59 Å². The summed E-state index contributed by atoms with van der Waals surface area (Å²) >= 11 is 1.52. The first-order valence-corrected chi connectivity index (χ1v) is 11.0. The van der Waals surface area contributed by atoms with Gasteiger partial charge in [-0.2, -0.15) is 0 Å². The van der Waals surface area contributed by atoms with Crippen molar-refractivity contribution >= 4 is 28.8 Å². The normalized spacial score (nSPS) is 18.0. The fraction of sp³-hybridized carbons (Fsp3) is 0.200. The van der Waals surface area contributed by atoms with E-state index in [2.05, 4.69) is 0 Å². The van der Waals surface area contributed by atoms with Crippen molar-refractivity contribution in [1.82, 2.24) is 4.90 Å². The summed E-state index contributed by atoms with van der Waals surface area (Å²) in [7, 11) is 0. The Labute approximate surface area is 185 Å². The van der Waals surface area contributed by atoms with Crippen LogP contribution in [0, 0.1) is 0 Å².